The Morgan fingerprint density at radius 3 is 2.00 bits per heavy atom. The van der Waals surface area contributed by atoms with Gasteiger partial charge in [-0.1, -0.05) is 32.1 Å². The molecular formula is C15H28N2OS. The van der Waals surface area contributed by atoms with E-state index in [1.165, 1.54) is 0 Å². The van der Waals surface area contributed by atoms with Crippen LogP contribution in [-0.4, -0.2) is 15.2 Å². The van der Waals surface area contributed by atoms with E-state index < -0.39 is 9.73 Å². The van der Waals surface area contributed by atoms with Gasteiger partial charge in [0.2, 0.25) is 0 Å². The van der Waals surface area contributed by atoms with Gasteiger partial charge in [0.1, 0.15) is 0 Å². The summed E-state index contributed by atoms with van der Waals surface area (Å²) in [7, 11) is -2.53. The van der Waals surface area contributed by atoms with Gasteiger partial charge in [0.05, 0.1) is 16.2 Å². The van der Waals surface area contributed by atoms with Crippen LogP contribution < -0.4 is 0 Å². The SMILES string of the molecule is CC1(C#N)CCCCCCC(C)(S(C)(=N)=O)CCC1. The molecule has 1 N–H and O–H groups in total. The van der Waals surface area contributed by atoms with Crippen molar-refractivity contribution in [3.63, 3.8) is 0 Å². The molecule has 0 bridgehead atoms. The first kappa shape index (κ1) is 16.5. The van der Waals surface area contributed by atoms with Crippen molar-refractivity contribution < 1.29 is 4.21 Å². The highest BCUT2D eigenvalue weighted by Gasteiger charge is 2.33. The highest BCUT2D eigenvalue weighted by atomic mass is 32.2. The molecule has 0 radical (unpaired) electrons. The van der Waals surface area contributed by atoms with Crippen LogP contribution in [0, 0.1) is 21.5 Å². The van der Waals surface area contributed by atoms with Gasteiger partial charge in [-0.3, -0.25) is 4.78 Å². The normalized spacial score (nSPS) is 37.6. The van der Waals surface area contributed by atoms with Gasteiger partial charge < -0.3 is 0 Å². The third-order valence-corrected chi connectivity index (χ3v) is 7.12. The summed E-state index contributed by atoms with van der Waals surface area (Å²) in [5.74, 6) is 0. The van der Waals surface area contributed by atoms with Crippen molar-refractivity contribution in [2.24, 2.45) is 5.41 Å². The zero-order valence-electron chi connectivity index (χ0n) is 12.6. The molecule has 19 heavy (non-hydrogen) atoms. The van der Waals surface area contributed by atoms with Crippen molar-refractivity contribution >= 4 is 9.73 Å². The molecule has 4 heteroatoms. The first-order valence-corrected chi connectivity index (χ1v) is 9.34. The predicted octanol–water partition coefficient (Wildman–Crippen LogP) is 4.48. The van der Waals surface area contributed by atoms with E-state index in [2.05, 4.69) is 6.07 Å². The average Bonchev–Trinajstić information content (AvgIpc) is 2.34. The Labute approximate surface area is 118 Å². The fourth-order valence-corrected chi connectivity index (χ4v) is 4.04. The molecule has 0 amide bonds. The topological polar surface area (TPSA) is 64.7 Å². The van der Waals surface area contributed by atoms with Gasteiger partial charge in [-0.2, -0.15) is 5.26 Å². The largest absolute Gasteiger partial charge is 0.253 e. The third-order valence-electron chi connectivity index (χ3n) is 4.83. The summed E-state index contributed by atoms with van der Waals surface area (Å²) in [6.45, 7) is 4.05. The van der Waals surface area contributed by atoms with Gasteiger partial charge in [-0.25, -0.2) is 4.21 Å². The molecule has 0 spiro atoms. The van der Waals surface area contributed by atoms with Gasteiger partial charge in [0, 0.05) is 16.0 Å². The van der Waals surface area contributed by atoms with Crippen LogP contribution in [0.5, 0.6) is 0 Å². The fourth-order valence-electron chi connectivity index (χ4n) is 2.97. The number of nitrogens with one attached hydrogen (secondary N) is 1. The number of nitriles is 1. The van der Waals surface area contributed by atoms with Crippen LogP contribution in [0.15, 0.2) is 0 Å². The standard InChI is InChI=1S/C15H28N2OS/c1-14(13-16)9-6-4-5-7-11-15(2,12-8-10-14)19(3,17)18/h17H,4-12H2,1-3H3. The lowest BCUT2D eigenvalue weighted by Gasteiger charge is -2.31. The Kier molecular flexibility index (Phi) is 5.43. The lowest BCUT2D eigenvalue weighted by atomic mass is 9.81. The highest BCUT2D eigenvalue weighted by Crippen LogP contribution is 2.36. The number of hydrogen-bond donors (Lipinski definition) is 1. The van der Waals surface area contributed by atoms with Crippen LogP contribution in [0.1, 0.15) is 71.6 Å². The molecule has 0 aliphatic heterocycles. The maximum absolute atomic E-state index is 12.2. The molecule has 0 saturated heterocycles. The Morgan fingerprint density at radius 1 is 1.00 bits per heavy atom. The predicted molar refractivity (Wildman–Crippen MR) is 80.5 cm³/mol. The molecule has 0 aromatic heterocycles. The number of hydrogen-bond acceptors (Lipinski definition) is 3. The van der Waals surface area contributed by atoms with E-state index >= 15 is 0 Å². The molecule has 1 fully saturated rings. The van der Waals surface area contributed by atoms with E-state index in [-0.39, 0.29) is 10.2 Å². The second-order valence-electron chi connectivity index (χ2n) is 6.73. The van der Waals surface area contributed by atoms with Crippen molar-refractivity contribution in [1.29, 1.82) is 10.0 Å². The molecule has 1 saturated carbocycles. The summed E-state index contributed by atoms with van der Waals surface area (Å²) in [6.07, 6.45) is 10.5. The van der Waals surface area contributed by atoms with Gasteiger partial charge in [-0.15, -0.1) is 0 Å². The van der Waals surface area contributed by atoms with E-state index in [0.717, 1.165) is 57.8 Å². The maximum atomic E-state index is 12.2. The molecule has 1 aliphatic rings. The van der Waals surface area contributed by atoms with Crippen LogP contribution in [0.2, 0.25) is 0 Å². The van der Waals surface area contributed by atoms with Crippen molar-refractivity contribution in [2.45, 2.75) is 76.4 Å². The molecule has 3 unspecified atom stereocenters. The van der Waals surface area contributed by atoms with Crippen molar-refractivity contribution in [3.05, 3.63) is 0 Å². The van der Waals surface area contributed by atoms with E-state index in [1.807, 2.05) is 13.8 Å². The Morgan fingerprint density at radius 2 is 1.47 bits per heavy atom. The molecule has 110 valence electrons. The zero-order chi connectivity index (χ0) is 14.6. The Balaban J connectivity index is 2.84. The molecule has 0 aromatic rings. The summed E-state index contributed by atoms with van der Waals surface area (Å²) in [6, 6.07) is 2.46. The summed E-state index contributed by atoms with van der Waals surface area (Å²) in [5.41, 5.74) is -0.234. The molecule has 1 rings (SSSR count). The third kappa shape index (κ3) is 4.49. The number of nitrogens with zero attached hydrogens (tertiary/aromatic N) is 1. The summed E-state index contributed by atoms with van der Waals surface area (Å²) < 4.78 is 19.8. The monoisotopic (exact) mass is 284 g/mol. The van der Waals surface area contributed by atoms with Crippen molar-refractivity contribution in [3.8, 4) is 6.07 Å². The first-order chi connectivity index (χ1) is 8.72. The minimum Gasteiger partial charge on any atom is -0.253 e. The quantitative estimate of drug-likeness (QED) is 0.771. The van der Waals surface area contributed by atoms with Gasteiger partial charge in [0.25, 0.3) is 0 Å². The molecule has 1 aliphatic carbocycles. The van der Waals surface area contributed by atoms with Crippen LogP contribution in [-0.2, 0) is 9.73 Å². The highest BCUT2D eigenvalue weighted by molar-refractivity contribution is 7.93. The van der Waals surface area contributed by atoms with Crippen LogP contribution in [0.25, 0.3) is 0 Å². The van der Waals surface area contributed by atoms with E-state index in [1.54, 1.807) is 6.26 Å². The summed E-state index contributed by atoms with van der Waals surface area (Å²) in [5, 5.41) is 9.35. The van der Waals surface area contributed by atoms with Crippen LogP contribution in [0.4, 0.5) is 0 Å². The zero-order valence-corrected chi connectivity index (χ0v) is 13.4. The minimum absolute atomic E-state index is 0.234. The van der Waals surface area contributed by atoms with Gasteiger partial charge in [0.15, 0.2) is 0 Å². The van der Waals surface area contributed by atoms with Crippen LogP contribution >= 0.6 is 0 Å². The number of rotatable bonds is 1. The summed E-state index contributed by atoms with van der Waals surface area (Å²) >= 11 is 0. The molecule has 3 nitrogen and oxygen atoms in total. The van der Waals surface area contributed by atoms with Gasteiger partial charge >= 0.3 is 0 Å². The Bertz CT molecular complexity index is 438. The first-order valence-electron chi connectivity index (χ1n) is 7.37. The maximum Gasteiger partial charge on any atom is 0.0686 e. The van der Waals surface area contributed by atoms with E-state index in [0.29, 0.717) is 0 Å². The fraction of sp³-hybridized carbons (Fsp3) is 0.933. The minimum atomic E-state index is -2.53. The van der Waals surface area contributed by atoms with Crippen LogP contribution in [0.3, 0.4) is 0 Å². The molecule has 0 aromatic carbocycles. The molecule has 0 heterocycles. The molecule has 3 atom stereocenters. The lowest BCUT2D eigenvalue weighted by Crippen LogP contribution is -2.34. The van der Waals surface area contributed by atoms with Gasteiger partial charge in [-0.05, 0) is 39.5 Å². The van der Waals surface area contributed by atoms with E-state index in [9.17, 15) is 9.47 Å². The second-order valence-corrected chi connectivity index (χ2v) is 9.41. The average molecular weight is 284 g/mol. The molecular weight excluding hydrogens is 256 g/mol. The second kappa shape index (κ2) is 6.26. The smallest absolute Gasteiger partial charge is 0.0686 e. The Hall–Kier alpha value is -0.560. The van der Waals surface area contributed by atoms with Crippen molar-refractivity contribution in [2.75, 3.05) is 6.26 Å². The lowest BCUT2D eigenvalue weighted by molar-refractivity contribution is 0.339. The summed E-state index contributed by atoms with van der Waals surface area (Å²) in [4.78, 5) is 0. The van der Waals surface area contributed by atoms with E-state index in [4.69, 9.17) is 4.78 Å². The van der Waals surface area contributed by atoms with Crippen molar-refractivity contribution in [1.82, 2.24) is 0 Å².